The average molecular weight is 235 g/mol. The molecule has 1 aromatic heterocycles. The summed E-state index contributed by atoms with van der Waals surface area (Å²) in [4.78, 5) is 26.4. The predicted octanol–water partition coefficient (Wildman–Crippen LogP) is 0.0156. The van der Waals surface area contributed by atoms with Crippen molar-refractivity contribution in [3.63, 3.8) is 0 Å². The average Bonchev–Trinajstić information content (AvgIpc) is 2.84. The summed E-state index contributed by atoms with van der Waals surface area (Å²) in [5.74, 6) is -0.122. The van der Waals surface area contributed by atoms with Crippen molar-refractivity contribution in [3.8, 4) is 0 Å². The fourth-order valence-electron chi connectivity index (χ4n) is 2.28. The Morgan fingerprint density at radius 1 is 1.41 bits per heavy atom. The molecule has 0 atom stereocenters. The van der Waals surface area contributed by atoms with Gasteiger partial charge >= 0.3 is 6.03 Å². The Hall–Kier alpha value is -1.82. The Morgan fingerprint density at radius 3 is 2.82 bits per heavy atom. The van der Waals surface area contributed by atoms with Gasteiger partial charge in [-0.25, -0.2) is 4.79 Å². The summed E-state index contributed by atoms with van der Waals surface area (Å²) in [5, 5.41) is 2.53. The number of rotatable bonds is 3. The molecule has 6 heteroatoms. The van der Waals surface area contributed by atoms with Gasteiger partial charge in [0.2, 0.25) is 5.91 Å². The van der Waals surface area contributed by atoms with Crippen molar-refractivity contribution in [2.75, 3.05) is 19.6 Å². The molecule has 0 saturated carbocycles. The summed E-state index contributed by atoms with van der Waals surface area (Å²) in [6, 6.07) is 1.68. The van der Waals surface area contributed by atoms with E-state index < -0.39 is 0 Å². The summed E-state index contributed by atoms with van der Waals surface area (Å²) >= 11 is 0. The zero-order chi connectivity index (χ0) is 11.8. The van der Waals surface area contributed by atoms with E-state index in [0.717, 1.165) is 25.2 Å². The van der Waals surface area contributed by atoms with Crippen molar-refractivity contribution >= 4 is 11.9 Å². The minimum Gasteiger partial charge on any atom is -0.472 e. The third kappa shape index (κ3) is 1.80. The van der Waals surface area contributed by atoms with Crippen molar-refractivity contribution in [1.82, 2.24) is 15.1 Å². The van der Waals surface area contributed by atoms with E-state index in [1.54, 1.807) is 12.5 Å². The Kier molecular flexibility index (Phi) is 2.36. The Morgan fingerprint density at radius 2 is 2.24 bits per heavy atom. The molecule has 3 rings (SSSR count). The molecule has 1 aromatic rings. The van der Waals surface area contributed by atoms with Crippen molar-refractivity contribution in [2.45, 2.75) is 12.6 Å². The van der Waals surface area contributed by atoms with Gasteiger partial charge in [-0.05, 0) is 6.07 Å². The van der Waals surface area contributed by atoms with Crippen LogP contribution in [0, 0.1) is 0 Å². The Labute approximate surface area is 98.2 Å². The number of likely N-dealkylation sites (tertiary alicyclic amines) is 1. The molecule has 2 saturated heterocycles. The summed E-state index contributed by atoms with van der Waals surface area (Å²) < 4.78 is 4.99. The fraction of sp³-hybridized carbons (Fsp3) is 0.455. The first-order valence-corrected chi connectivity index (χ1v) is 5.57. The normalized spacial score (nSPS) is 21.8. The molecule has 0 unspecified atom stereocenters. The van der Waals surface area contributed by atoms with Crippen LogP contribution in [-0.2, 0) is 11.3 Å². The second-order valence-electron chi connectivity index (χ2n) is 4.40. The summed E-state index contributed by atoms with van der Waals surface area (Å²) in [5.41, 5.74) is 1.11. The van der Waals surface area contributed by atoms with E-state index in [1.807, 2.05) is 6.07 Å². The van der Waals surface area contributed by atoms with Gasteiger partial charge in [0.05, 0.1) is 25.1 Å². The van der Waals surface area contributed by atoms with Crippen LogP contribution in [0.25, 0.3) is 0 Å². The second-order valence-corrected chi connectivity index (χ2v) is 4.40. The van der Waals surface area contributed by atoms with E-state index in [1.165, 1.54) is 4.90 Å². The number of hydrogen-bond acceptors (Lipinski definition) is 4. The van der Waals surface area contributed by atoms with Crippen LogP contribution in [0.1, 0.15) is 5.56 Å². The van der Waals surface area contributed by atoms with E-state index in [-0.39, 0.29) is 24.5 Å². The summed E-state index contributed by atoms with van der Waals surface area (Å²) in [7, 11) is 0. The van der Waals surface area contributed by atoms with Crippen LogP contribution >= 0.6 is 0 Å². The van der Waals surface area contributed by atoms with Crippen LogP contribution < -0.4 is 5.32 Å². The fourth-order valence-corrected chi connectivity index (χ4v) is 2.28. The molecule has 1 N–H and O–H groups in total. The molecule has 3 heterocycles. The van der Waals surface area contributed by atoms with Gasteiger partial charge < -0.3 is 9.73 Å². The van der Waals surface area contributed by atoms with E-state index >= 15 is 0 Å². The molecule has 2 aliphatic rings. The number of urea groups is 1. The maximum absolute atomic E-state index is 11.5. The molecule has 6 nitrogen and oxygen atoms in total. The highest BCUT2D eigenvalue weighted by Crippen LogP contribution is 2.19. The van der Waals surface area contributed by atoms with Crippen molar-refractivity contribution in [1.29, 1.82) is 0 Å². The Bertz CT molecular complexity index is 421. The smallest absolute Gasteiger partial charge is 0.324 e. The lowest BCUT2D eigenvalue weighted by Gasteiger charge is -2.42. The van der Waals surface area contributed by atoms with Gasteiger partial charge in [-0.15, -0.1) is 0 Å². The Balaban J connectivity index is 1.54. The van der Waals surface area contributed by atoms with Crippen LogP contribution in [0.3, 0.4) is 0 Å². The van der Waals surface area contributed by atoms with Crippen LogP contribution in [-0.4, -0.2) is 47.4 Å². The van der Waals surface area contributed by atoms with E-state index in [2.05, 4.69) is 10.2 Å². The number of nitrogens with zero attached hydrogens (tertiary/aromatic N) is 2. The molecule has 0 radical (unpaired) electrons. The predicted molar refractivity (Wildman–Crippen MR) is 58.0 cm³/mol. The number of nitrogens with one attached hydrogen (secondary N) is 1. The molecule has 17 heavy (non-hydrogen) atoms. The van der Waals surface area contributed by atoms with Crippen LogP contribution in [0.5, 0.6) is 0 Å². The minimum atomic E-state index is -0.261. The molecular formula is C11H13N3O3. The second kappa shape index (κ2) is 3.89. The zero-order valence-electron chi connectivity index (χ0n) is 9.26. The molecule has 0 bridgehead atoms. The maximum Gasteiger partial charge on any atom is 0.324 e. The van der Waals surface area contributed by atoms with Gasteiger partial charge in [-0.1, -0.05) is 0 Å². The molecule has 90 valence electrons. The first kappa shape index (κ1) is 10.3. The van der Waals surface area contributed by atoms with E-state index in [4.69, 9.17) is 4.42 Å². The van der Waals surface area contributed by atoms with Gasteiger partial charge in [0.1, 0.15) is 0 Å². The highest BCUT2D eigenvalue weighted by Gasteiger charge is 2.41. The third-order valence-electron chi connectivity index (χ3n) is 3.17. The largest absolute Gasteiger partial charge is 0.472 e. The first-order valence-electron chi connectivity index (χ1n) is 5.57. The van der Waals surface area contributed by atoms with E-state index in [9.17, 15) is 9.59 Å². The van der Waals surface area contributed by atoms with Crippen molar-refractivity contribution in [2.24, 2.45) is 0 Å². The highest BCUT2D eigenvalue weighted by atomic mass is 16.3. The molecule has 3 amide bonds. The molecule has 2 aliphatic heterocycles. The topological polar surface area (TPSA) is 65.8 Å². The molecular weight excluding hydrogens is 222 g/mol. The van der Waals surface area contributed by atoms with Crippen LogP contribution in [0.15, 0.2) is 23.0 Å². The first-order chi connectivity index (χ1) is 8.24. The SMILES string of the molecule is O=C1CNC(=O)N1C1CN(Cc2ccoc2)C1. The van der Waals surface area contributed by atoms with Gasteiger partial charge in [0, 0.05) is 25.2 Å². The molecule has 0 aromatic carbocycles. The number of furan rings is 1. The summed E-state index contributed by atoms with van der Waals surface area (Å²) in [6.07, 6.45) is 3.35. The van der Waals surface area contributed by atoms with Gasteiger partial charge in [0.25, 0.3) is 0 Å². The number of imide groups is 1. The molecule has 0 aliphatic carbocycles. The number of carbonyl (C=O) groups excluding carboxylic acids is 2. The monoisotopic (exact) mass is 235 g/mol. The standard InChI is InChI=1S/C11H13N3O3/c15-10-3-12-11(16)14(10)9-5-13(6-9)4-8-1-2-17-7-8/h1-2,7,9H,3-6H2,(H,12,16). The zero-order valence-corrected chi connectivity index (χ0v) is 9.26. The van der Waals surface area contributed by atoms with Crippen molar-refractivity contribution in [3.05, 3.63) is 24.2 Å². The minimum absolute atomic E-state index is 0.0249. The number of carbonyl (C=O) groups is 2. The lowest BCUT2D eigenvalue weighted by Crippen LogP contribution is -2.60. The lowest BCUT2D eigenvalue weighted by molar-refractivity contribution is -0.129. The third-order valence-corrected chi connectivity index (χ3v) is 3.17. The quantitative estimate of drug-likeness (QED) is 0.750. The van der Waals surface area contributed by atoms with Gasteiger partial charge in [-0.2, -0.15) is 0 Å². The molecule has 2 fully saturated rings. The lowest BCUT2D eigenvalue weighted by atomic mass is 10.1. The maximum atomic E-state index is 11.5. The number of hydrogen-bond donors (Lipinski definition) is 1. The van der Waals surface area contributed by atoms with E-state index in [0.29, 0.717) is 0 Å². The molecule has 0 spiro atoms. The van der Waals surface area contributed by atoms with Crippen LogP contribution in [0.2, 0.25) is 0 Å². The van der Waals surface area contributed by atoms with Gasteiger partial charge in [-0.3, -0.25) is 14.6 Å². The highest BCUT2D eigenvalue weighted by molar-refractivity contribution is 6.02. The van der Waals surface area contributed by atoms with Crippen molar-refractivity contribution < 1.29 is 14.0 Å². The number of amides is 3. The van der Waals surface area contributed by atoms with Crippen LogP contribution in [0.4, 0.5) is 4.79 Å². The van der Waals surface area contributed by atoms with Gasteiger partial charge in [0.15, 0.2) is 0 Å². The summed E-state index contributed by atoms with van der Waals surface area (Å²) in [6.45, 7) is 2.42.